The van der Waals surface area contributed by atoms with E-state index in [-0.39, 0.29) is 12.0 Å². The van der Waals surface area contributed by atoms with Crippen LogP contribution >= 0.6 is 0 Å². The highest BCUT2D eigenvalue weighted by molar-refractivity contribution is 5.70. The fraction of sp³-hybridized carbons (Fsp3) is 0.368. The molecule has 0 amide bonds. The number of carboxylic acid groups (broad SMARTS) is 1. The van der Waals surface area contributed by atoms with Crippen molar-refractivity contribution in [3.8, 4) is 0 Å². The molecule has 0 aliphatic carbocycles. The molecule has 1 aromatic carbocycles. The van der Waals surface area contributed by atoms with E-state index < -0.39 is 5.97 Å². The molecule has 1 aliphatic rings. The van der Waals surface area contributed by atoms with E-state index >= 15 is 0 Å². The van der Waals surface area contributed by atoms with Gasteiger partial charge in [0.2, 0.25) is 0 Å². The molecule has 1 saturated heterocycles. The van der Waals surface area contributed by atoms with Crippen LogP contribution in [0.4, 0.5) is 0 Å². The molecule has 0 saturated carbocycles. The number of rotatable bonds is 4. The summed E-state index contributed by atoms with van der Waals surface area (Å²) in [5, 5.41) is 9.38. The minimum Gasteiger partial charge on any atom is -0.481 e. The molecular weight excluding hydrogens is 288 g/mol. The maximum Gasteiger partial charge on any atom is 0.307 e. The quantitative estimate of drug-likeness (QED) is 0.941. The van der Waals surface area contributed by atoms with E-state index in [1.165, 1.54) is 11.1 Å². The van der Waals surface area contributed by atoms with Gasteiger partial charge in [0.25, 0.3) is 0 Å². The fourth-order valence-corrected chi connectivity index (χ4v) is 3.34. The second-order valence-corrected chi connectivity index (χ2v) is 6.27. The molecule has 2 heterocycles. The van der Waals surface area contributed by atoms with Gasteiger partial charge in [-0.2, -0.15) is 0 Å². The standard InChI is InChI=1S/C19H22N2O2/c1-14-6-8-15(9-7-14)18(16-4-2-10-20-12-16)21-11-3-5-17(13-21)19(22)23/h2,4,6-10,12,17-18H,3,5,11,13H2,1H3,(H,22,23). The minimum atomic E-state index is -0.691. The van der Waals surface area contributed by atoms with E-state index in [0.29, 0.717) is 6.54 Å². The molecule has 1 N–H and O–H groups in total. The van der Waals surface area contributed by atoms with Crippen molar-refractivity contribution in [1.82, 2.24) is 9.88 Å². The number of piperidine rings is 1. The van der Waals surface area contributed by atoms with Crippen LogP contribution in [0.25, 0.3) is 0 Å². The SMILES string of the molecule is Cc1ccc(C(c2cccnc2)N2CCCC(C(=O)O)C2)cc1. The molecule has 2 atom stereocenters. The number of pyridine rings is 1. The Morgan fingerprint density at radius 1 is 1.26 bits per heavy atom. The van der Waals surface area contributed by atoms with E-state index in [1.807, 2.05) is 12.3 Å². The summed E-state index contributed by atoms with van der Waals surface area (Å²) >= 11 is 0. The molecule has 2 unspecified atom stereocenters. The zero-order valence-electron chi connectivity index (χ0n) is 13.4. The lowest BCUT2D eigenvalue weighted by molar-refractivity contribution is -0.143. The number of aliphatic carboxylic acids is 1. The first kappa shape index (κ1) is 15.7. The van der Waals surface area contributed by atoms with Crippen molar-refractivity contribution in [3.63, 3.8) is 0 Å². The summed E-state index contributed by atoms with van der Waals surface area (Å²) in [6.45, 7) is 3.57. The Balaban J connectivity index is 1.95. The molecule has 0 bridgehead atoms. The Kier molecular flexibility index (Phi) is 4.72. The Bertz CT molecular complexity index is 655. The smallest absolute Gasteiger partial charge is 0.307 e. The lowest BCUT2D eigenvalue weighted by Crippen LogP contribution is -2.41. The van der Waals surface area contributed by atoms with Gasteiger partial charge in [-0.15, -0.1) is 0 Å². The third-order valence-corrected chi connectivity index (χ3v) is 4.56. The first-order valence-corrected chi connectivity index (χ1v) is 8.08. The second kappa shape index (κ2) is 6.92. The van der Waals surface area contributed by atoms with Gasteiger partial charge in [0, 0.05) is 18.9 Å². The van der Waals surface area contributed by atoms with Crippen LogP contribution in [0, 0.1) is 12.8 Å². The van der Waals surface area contributed by atoms with Crippen molar-refractivity contribution < 1.29 is 9.90 Å². The minimum absolute atomic E-state index is 0.0615. The Morgan fingerprint density at radius 3 is 2.70 bits per heavy atom. The molecule has 1 aromatic heterocycles. The predicted octanol–water partition coefficient (Wildman–Crippen LogP) is 3.28. The average molecular weight is 310 g/mol. The van der Waals surface area contributed by atoms with Gasteiger partial charge in [0.05, 0.1) is 12.0 Å². The van der Waals surface area contributed by atoms with E-state index in [2.05, 4.69) is 47.1 Å². The maximum absolute atomic E-state index is 11.4. The van der Waals surface area contributed by atoms with Gasteiger partial charge >= 0.3 is 5.97 Å². The Hall–Kier alpha value is -2.20. The van der Waals surface area contributed by atoms with Crippen molar-refractivity contribution in [2.45, 2.75) is 25.8 Å². The highest BCUT2D eigenvalue weighted by atomic mass is 16.4. The molecule has 2 aromatic rings. The van der Waals surface area contributed by atoms with Crippen LogP contribution in [0.5, 0.6) is 0 Å². The fourth-order valence-electron chi connectivity index (χ4n) is 3.34. The van der Waals surface area contributed by atoms with Crippen LogP contribution in [-0.4, -0.2) is 34.0 Å². The molecule has 4 heteroatoms. The van der Waals surface area contributed by atoms with Crippen molar-refractivity contribution in [2.24, 2.45) is 5.92 Å². The summed E-state index contributed by atoms with van der Waals surface area (Å²) in [6.07, 6.45) is 5.33. The summed E-state index contributed by atoms with van der Waals surface area (Å²) in [4.78, 5) is 17.9. The summed E-state index contributed by atoms with van der Waals surface area (Å²) < 4.78 is 0. The zero-order chi connectivity index (χ0) is 16.2. The third kappa shape index (κ3) is 3.59. The second-order valence-electron chi connectivity index (χ2n) is 6.27. The van der Waals surface area contributed by atoms with Gasteiger partial charge in [0.1, 0.15) is 0 Å². The third-order valence-electron chi connectivity index (χ3n) is 4.56. The van der Waals surface area contributed by atoms with Gasteiger partial charge < -0.3 is 5.11 Å². The van der Waals surface area contributed by atoms with E-state index in [1.54, 1.807) is 6.20 Å². The zero-order valence-corrected chi connectivity index (χ0v) is 13.4. The van der Waals surface area contributed by atoms with Crippen LogP contribution in [-0.2, 0) is 4.79 Å². The molecule has 120 valence electrons. The Morgan fingerprint density at radius 2 is 2.04 bits per heavy atom. The number of nitrogens with zero attached hydrogens (tertiary/aromatic N) is 2. The highest BCUT2D eigenvalue weighted by Gasteiger charge is 2.31. The maximum atomic E-state index is 11.4. The topological polar surface area (TPSA) is 53.4 Å². The molecule has 1 aliphatic heterocycles. The largest absolute Gasteiger partial charge is 0.481 e. The van der Waals surface area contributed by atoms with Crippen LogP contribution in [0.1, 0.15) is 35.6 Å². The molecular formula is C19H22N2O2. The highest BCUT2D eigenvalue weighted by Crippen LogP contribution is 2.32. The van der Waals surface area contributed by atoms with Crippen LogP contribution in [0.2, 0.25) is 0 Å². The summed E-state index contributed by atoms with van der Waals surface area (Å²) in [6, 6.07) is 12.6. The first-order chi connectivity index (χ1) is 11.1. The number of carbonyl (C=O) groups is 1. The lowest BCUT2D eigenvalue weighted by atomic mass is 9.92. The average Bonchev–Trinajstić information content (AvgIpc) is 2.58. The predicted molar refractivity (Wildman–Crippen MR) is 89.2 cm³/mol. The molecule has 0 spiro atoms. The molecule has 3 rings (SSSR count). The van der Waals surface area contributed by atoms with Crippen molar-refractivity contribution in [3.05, 3.63) is 65.5 Å². The van der Waals surface area contributed by atoms with Gasteiger partial charge in [-0.05, 0) is 43.5 Å². The summed E-state index contributed by atoms with van der Waals surface area (Å²) in [5.41, 5.74) is 3.53. The monoisotopic (exact) mass is 310 g/mol. The lowest BCUT2D eigenvalue weighted by Gasteiger charge is -2.37. The van der Waals surface area contributed by atoms with Gasteiger partial charge in [0.15, 0.2) is 0 Å². The normalized spacial score (nSPS) is 20.1. The van der Waals surface area contributed by atoms with Crippen LogP contribution in [0.15, 0.2) is 48.8 Å². The number of hydrogen-bond donors (Lipinski definition) is 1. The number of likely N-dealkylation sites (tertiary alicyclic amines) is 1. The summed E-state index contributed by atoms with van der Waals surface area (Å²) in [7, 11) is 0. The summed E-state index contributed by atoms with van der Waals surface area (Å²) in [5.74, 6) is -0.975. The Labute approximate surface area is 136 Å². The number of aromatic nitrogens is 1. The van der Waals surface area contributed by atoms with Crippen molar-refractivity contribution in [1.29, 1.82) is 0 Å². The van der Waals surface area contributed by atoms with Gasteiger partial charge in [-0.3, -0.25) is 14.7 Å². The number of carboxylic acids is 1. The van der Waals surface area contributed by atoms with E-state index in [0.717, 1.165) is 24.9 Å². The number of benzene rings is 1. The van der Waals surface area contributed by atoms with Crippen LogP contribution in [0.3, 0.4) is 0 Å². The van der Waals surface area contributed by atoms with Crippen molar-refractivity contribution in [2.75, 3.05) is 13.1 Å². The number of aryl methyl sites for hydroxylation is 1. The molecule has 1 fully saturated rings. The first-order valence-electron chi connectivity index (χ1n) is 8.08. The van der Waals surface area contributed by atoms with Crippen LogP contribution < -0.4 is 0 Å². The van der Waals surface area contributed by atoms with Gasteiger partial charge in [-0.25, -0.2) is 0 Å². The molecule has 4 nitrogen and oxygen atoms in total. The van der Waals surface area contributed by atoms with Crippen molar-refractivity contribution >= 4 is 5.97 Å². The van der Waals surface area contributed by atoms with E-state index in [9.17, 15) is 9.90 Å². The van der Waals surface area contributed by atoms with Gasteiger partial charge in [-0.1, -0.05) is 35.9 Å². The molecule has 0 radical (unpaired) electrons. The van der Waals surface area contributed by atoms with E-state index in [4.69, 9.17) is 0 Å². The molecule has 23 heavy (non-hydrogen) atoms. The number of hydrogen-bond acceptors (Lipinski definition) is 3.